The van der Waals surface area contributed by atoms with Gasteiger partial charge in [-0.3, -0.25) is 4.79 Å². The second kappa shape index (κ2) is 3.69. The summed E-state index contributed by atoms with van der Waals surface area (Å²) in [4.78, 5) is 10.4. The first kappa shape index (κ1) is 8.49. The molecule has 0 aromatic heterocycles. The minimum atomic E-state index is -0.440. The van der Waals surface area contributed by atoms with Gasteiger partial charge in [0, 0.05) is 25.9 Å². The third-order valence-electron chi connectivity index (χ3n) is 1.60. The zero-order valence-electron chi connectivity index (χ0n) is 6.45. The molecule has 1 heterocycles. The Balaban J connectivity index is 2.24. The molecular formula is C7H12O4. The highest BCUT2D eigenvalue weighted by molar-refractivity contribution is 5.66. The van der Waals surface area contributed by atoms with Crippen LogP contribution in [0.4, 0.5) is 0 Å². The van der Waals surface area contributed by atoms with Crippen molar-refractivity contribution in [2.45, 2.75) is 19.6 Å². The van der Waals surface area contributed by atoms with Crippen molar-refractivity contribution in [1.29, 1.82) is 0 Å². The van der Waals surface area contributed by atoms with E-state index in [0.717, 1.165) is 0 Å². The molecule has 0 saturated carbocycles. The van der Waals surface area contributed by atoms with Crippen molar-refractivity contribution in [2.24, 2.45) is 5.92 Å². The Hall–Kier alpha value is -0.610. The van der Waals surface area contributed by atoms with E-state index < -0.39 is 6.29 Å². The molecule has 1 aliphatic heterocycles. The van der Waals surface area contributed by atoms with Crippen LogP contribution >= 0.6 is 0 Å². The number of carbonyl (C=O) groups is 1. The molecule has 4 nitrogen and oxygen atoms in total. The van der Waals surface area contributed by atoms with E-state index in [1.165, 1.54) is 6.92 Å². The molecule has 1 aliphatic rings. The molecule has 0 aliphatic carbocycles. The molecule has 0 spiro atoms. The van der Waals surface area contributed by atoms with E-state index in [9.17, 15) is 4.79 Å². The summed E-state index contributed by atoms with van der Waals surface area (Å²) in [5, 5.41) is 8.70. The molecule has 1 fully saturated rings. The van der Waals surface area contributed by atoms with Gasteiger partial charge in [-0.25, -0.2) is 0 Å². The molecule has 64 valence electrons. The van der Waals surface area contributed by atoms with Crippen LogP contribution in [0.15, 0.2) is 0 Å². The summed E-state index contributed by atoms with van der Waals surface area (Å²) in [6.07, 6.45) is 0.167. The summed E-state index contributed by atoms with van der Waals surface area (Å²) >= 11 is 0. The van der Waals surface area contributed by atoms with E-state index in [4.69, 9.17) is 14.6 Å². The Labute approximate surface area is 65.1 Å². The highest BCUT2D eigenvalue weighted by Gasteiger charge is 2.26. The van der Waals surface area contributed by atoms with Crippen molar-refractivity contribution in [3.8, 4) is 0 Å². The van der Waals surface area contributed by atoms with Crippen LogP contribution in [0.2, 0.25) is 0 Å². The molecular weight excluding hydrogens is 148 g/mol. The maximum Gasteiger partial charge on any atom is 0.304 e. The predicted molar refractivity (Wildman–Crippen MR) is 36.7 cm³/mol. The normalized spacial score (nSPS) is 30.4. The van der Waals surface area contributed by atoms with E-state index >= 15 is 0 Å². The Kier molecular flexibility index (Phi) is 2.84. The van der Waals surface area contributed by atoms with Gasteiger partial charge in [-0.1, -0.05) is 0 Å². The Morgan fingerprint density at radius 3 is 3.00 bits per heavy atom. The Morgan fingerprint density at radius 1 is 1.82 bits per heavy atom. The second-order valence-corrected chi connectivity index (χ2v) is 2.66. The SMILES string of the molecule is CC(=O)OC1CC(CO)CO1. The van der Waals surface area contributed by atoms with Crippen LogP contribution in [0, 0.1) is 5.92 Å². The summed E-state index contributed by atoms with van der Waals surface area (Å²) in [5.74, 6) is -0.215. The lowest BCUT2D eigenvalue weighted by molar-refractivity contribution is -0.166. The molecule has 0 radical (unpaired) electrons. The highest BCUT2D eigenvalue weighted by atomic mass is 16.7. The van der Waals surface area contributed by atoms with Crippen LogP contribution in [0.5, 0.6) is 0 Å². The van der Waals surface area contributed by atoms with Crippen LogP contribution in [-0.4, -0.2) is 30.6 Å². The second-order valence-electron chi connectivity index (χ2n) is 2.66. The quantitative estimate of drug-likeness (QED) is 0.573. The molecule has 0 bridgehead atoms. The number of esters is 1. The van der Waals surface area contributed by atoms with Gasteiger partial charge in [-0.15, -0.1) is 0 Å². The lowest BCUT2D eigenvalue weighted by Gasteiger charge is -2.07. The summed E-state index contributed by atoms with van der Waals surface area (Å²) in [7, 11) is 0. The third kappa shape index (κ3) is 2.48. The molecule has 11 heavy (non-hydrogen) atoms. The predicted octanol–water partition coefficient (Wildman–Crippen LogP) is -0.0956. The van der Waals surface area contributed by atoms with Gasteiger partial charge < -0.3 is 14.6 Å². The molecule has 4 heteroatoms. The molecule has 1 N–H and O–H groups in total. The monoisotopic (exact) mass is 160 g/mol. The number of hydrogen-bond donors (Lipinski definition) is 1. The summed E-state index contributed by atoms with van der Waals surface area (Å²) < 4.78 is 9.84. The number of carbonyl (C=O) groups excluding carboxylic acids is 1. The molecule has 0 aromatic rings. The van der Waals surface area contributed by atoms with Crippen LogP contribution in [-0.2, 0) is 14.3 Å². The fourth-order valence-corrected chi connectivity index (χ4v) is 1.05. The topological polar surface area (TPSA) is 55.8 Å². The fourth-order valence-electron chi connectivity index (χ4n) is 1.05. The van der Waals surface area contributed by atoms with Gasteiger partial charge in [0.2, 0.25) is 6.29 Å². The summed E-state index contributed by atoms with van der Waals surface area (Å²) in [6, 6.07) is 0. The first-order valence-corrected chi connectivity index (χ1v) is 3.62. The standard InChI is InChI=1S/C7H12O4/c1-5(9)11-7-2-6(3-8)4-10-7/h6-8H,2-4H2,1H3. The fraction of sp³-hybridized carbons (Fsp3) is 0.857. The third-order valence-corrected chi connectivity index (χ3v) is 1.60. The number of rotatable bonds is 2. The number of aliphatic hydroxyl groups is 1. The molecule has 2 unspecified atom stereocenters. The van der Waals surface area contributed by atoms with Crippen LogP contribution in [0.3, 0.4) is 0 Å². The van der Waals surface area contributed by atoms with Crippen LogP contribution in [0.25, 0.3) is 0 Å². The van der Waals surface area contributed by atoms with Crippen LogP contribution in [0.1, 0.15) is 13.3 Å². The van der Waals surface area contributed by atoms with Gasteiger partial charge in [-0.2, -0.15) is 0 Å². The molecule has 1 saturated heterocycles. The minimum Gasteiger partial charge on any atom is -0.436 e. The van der Waals surface area contributed by atoms with Gasteiger partial charge in [0.15, 0.2) is 0 Å². The average Bonchev–Trinajstić information content (AvgIpc) is 2.34. The van der Waals surface area contributed by atoms with Gasteiger partial charge >= 0.3 is 5.97 Å². The lowest BCUT2D eigenvalue weighted by atomic mass is 10.1. The first-order chi connectivity index (χ1) is 5.22. The Morgan fingerprint density at radius 2 is 2.55 bits per heavy atom. The molecule has 0 aromatic carbocycles. The van der Waals surface area contributed by atoms with E-state index in [-0.39, 0.29) is 18.5 Å². The zero-order chi connectivity index (χ0) is 8.27. The maximum atomic E-state index is 10.4. The van der Waals surface area contributed by atoms with Crippen molar-refractivity contribution < 1.29 is 19.4 Å². The smallest absolute Gasteiger partial charge is 0.304 e. The first-order valence-electron chi connectivity index (χ1n) is 3.62. The zero-order valence-corrected chi connectivity index (χ0v) is 6.45. The largest absolute Gasteiger partial charge is 0.436 e. The number of hydrogen-bond acceptors (Lipinski definition) is 4. The van der Waals surface area contributed by atoms with Gasteiger partial charge in [0.05, 0.1) is 6.61 Å². The van der Waals surface area contributed by atoms with E-state index in [2.05, 4.69) is 0 Å². The molecule has 2 atom stereocenters. The van der Waals surface area contributed by atoms with Crippen molar-refractivity contribution in [3.05, 3.63) is 0 Å². The van der Waals surface area contributed by atoms with Gasteiger partial charge in [-0.05, 0) is 0 Å². The Bertz CT molecular complexity index is 145. The van der Waals surface area contributed by atoms with Crippen molar-refractivity contribution in [1.82, 2.24) is 0 Å². The van der Waals surface area contributed by atoms with Crippen LogP contribution < -0.4 is 0 Å². The van der Waals surface area contributed by atoms with Gasteiger partial charge in [0.1, 0.15) is 0 Å². The number of ether oxygens (including phenoxy) is 2. The lowest BCUT2D eigenvalue weighted by Crippen LogP contribution is -2.14. The van der Waals surface area contributed by atoms with Crippen molar-refractivity contribution >= 4 is 5.97 Å². The minimum absolute atomic E-state index is 0.0950. The molecule has 0 amide bonds. The highest BCUT2D eigenvalue weighted by Crippen LogP contribution is 2.19. The van der Waals surface area contributed by atoms with Crippen molar-refractivity contribution in [2.75, 3.05) is 13.2 Å². The number of aliphatic hydroxyl groups excluding tert-OH is 1. The summed E-state index contributed by atoms with van der Waals surface area (Å²) in [5.41, 5.74) is 0. The maximum absolute atomic E-state index is 10.4. The summed E-state index contributed by atoms with van der Waals surface area (Å²) in [6.45, 7) is 1.92. The van der Waals surface area contributed by atoms with E-state index in [1.807, 2.05) is 0 Å². The average molecular weight is 160 g/mol. The van der Waals surface area contributed by atoms with Crippen molar-refractivity contribution in [3.63, 3.8) is 0 Å². The van der Waals surface area contributed by atoms with E-state index in [0.29, 0.717) is 13.0 Å². The molecule has 1 rings (SSSR count). The van der Waals surface area contributed by atoms with E-state index in [1.54, 1.807) is 0 Å². The van der Waals surface area contributed by atoms with Gasteiger partial charge in [0.25, 0.3) is 0 Å².